The zero-order chi connectivity index (χ0) is 35.4. The van der Waals surface area contributed by atoms with Crippen LogP contribution < -0.4 is 10.1 Å². The molecule has 7 aromatic rings. The van der Waals surface area contributed by atoms with E-state index in [0.717, 1.165) is 55.7 Å². The lowest BCUT2D eigenvalue weighted by Gasteiger charge is -2.23. The van der Waals surface area contributed by atoms with Crippen LogP contribution in [0.1, 0.15) is 40.6 Å². The molecule has 260 valence electrons. The van der Waals surface area contributed by atoms with Crippen LogP contribution in [0.15, 0.2) is 121 Å². The molecule has 9 heteroatoms. The first kappa shape index (κ1) is 33.1. The van der Waals surface area contributed by atoms with Crippen LogP contribution in [0.25, 0.3) is 33.5 Å². The molecule has 5 aromatic carbocycles. The van der Waals surface area contributed by atoms with Crippen LogP contribution in [0.4, 0.5) is 4.39 Å². The molecule has 1 aliphatic heterocycles. The standard InChI is InChI=1S/C43H38FN5O3/c1-2-31-21-40(51-26-29-14-8-4-9-15-29)35(44)22-34(31)32-18-19-33-36(20-32)47-48-41(33)42-46-38-24-45-37(43(50)52-27-30-16-10-5-11-17-30)23-39(38)49(42)25-28-12-6-3-7-13-28/h3-22,37,45H,2,23-27H2,1H3,(H,47,48)/t37-/m0/s1. The van der Waals surface area contributed by atoms with Gasteiger partial charge >= 0.3 is 5.97 Å². The average Bonchev–Trinajstić information content (AvgIpc) is 3.78. The molecule has 0 amide bonds. The first-order valence-corrected chi connectivity index (χ1v) is 17.6. The molecule has 0 aliphatic carbocycles. The number of hydrogen-bond donors (Lipinski definition) is 2. The zero-order valence-electron chi connectivity index (χ0n) is 28.8. The quantitative estimate of drug-likeness (QED) is 0.133. The topological polar surface area (TPSA) is 94.1 Å². The first-order valence-electron chi connectivity index (χ1n) is 17.6. The maximum Gasteiger partial charge on any atom is 0.323 e. The number of aromatic nitrogens is 4. The number of nitrogens with one attached hydrogen (secondary N) is 2. The molecule has 1 aliphatic rings. The predicted octanol–water partition coefficient (Wildman–Crippen LogP) is 8.18. The molecule has 2 N–H and O–H groups in total. The Morgan fingerprint density at radius 1 is 0.865 bits per heavy atom. The molecule has 0 saturated carbocycles. The molecule has 1 atom stereocenters. The highest BCUT2D eigenvalue weighted by molar-refractivity contribution is 5.94. The van der Waals surface area contributed by atoms with Gasteiger partial charge in [-0.3, -0.25) is 15.2 Å². The number of H-pyrrole nitrogens is 1. The third-order valence-corrected chi connectivity index (χ3v) is 9.62. The zero-order valence-corrected chi connectivity index (χ0v) is 28.8. The Kier molecular flexibility index (Phi) is 9.33. The minimum atomic E-state index is -0.503. The van der Waals surface area contributed by atoms with Gasteiger partial charge in [-0.25, -0.2) is 9.37 Å². The number of aromatic amines is 1. The van der Waals surface area contributed by atoms with Crippen molar-refractivity contribution < 1.29 is 18.7 Å². The van der Waals surface area contributed by atoms with Gasteiger partial charge in [0.05, 0.1) is 11.2 Å². The van der Waals surface area contributed by atoms with Crippen molar-refractivity contribution in [2.75, 3.05) is 0 Å². The van der Waals surface area contributed by atoms with Crippen molar-refractivity contribution in [2.45, 2.75) is 52.1 Å². The number of benzene rings is 5. The number of aryl methyl sites for hydroxylation is 1. The summed E-state index contributed by atoms with van der Waals surface area (Å²) in [6.45, 7) is 3.56. The Labute approximate surface area is 301 Å². The van der Waals surface area contributed by atoms with E-state index in [0.29, 0.717) is 44.1 Å². The number of carbonyl (C=O) groups excluding carboxylic acids is 1. The van der Waals surface area contributed by atoms with Gasteiger partial charge in [0.15, 0.2) is 17.4 Å². The molecule has 8 rings (SSSR count). The lowest BCUT2D eigenvalue weighted by atomic mass is 9.96. The minimum Gasteiger partial charge on any atom is -0.486 e. The minimum absolute atomic E-state index is 0.221. The lowest BCUT2D eigenvalue weighted by molar-refractivity contribution is -0.147. The number of imidazole rings is 1. The van der Waals surface area contributed by atoms with Crippen molar-refractivity contribution in [3.63, 3.8) is 0 Å². The Morgan fingerprint density at radius 2 is 1.56 bits per heavy atom. The number of rotatable bonds is 11. The van der Waals surface area contributed by atoms with E-state index >= 15 is 4.39 Å². The summed E-state index contributed by atoms with van der Waals surface area (Å²) in [5, 5.41) is 12.2. The average molecular weight is 692 g/mol. The highest BCUT2D eigenvalue weighted by atomic mass is 19.1. The summed E-state index contributed by atoms with van der Waals surface area (Å²) < 4.78 is 29.2. The molecular weight excluding hydrogens is 654 g/mol. The number of carbonyl (C=O) groups is 1. The van der Waals surface area contributed by atoms with Gasteiger partial charge < -0.3 is 14.0 Å². The maximum atomic E-state index is 15.4. The Morgan fingerprint density at radius 3 is 2.27 bits per heavy atom. The summed E-state index contributed by atoms with van der Waals surface area (Å²) in [7, 11) is 0. The second-order valence-corrected chi connectivity index (χ2v) is 13.0. The van der Waals surface area contributed by atoms with E-state index in [1.165, 1.54) is 0 Å². The summed E-state index contributed by atoms with van der Waals surface area (Å²) in [6.07, 6.45) is 1.15. The molecule has 0 unspecified atom stereocenters. The van der Waals surface area contributed by atoms with Crippen LogP contribution >= 0.6 is 0 Å². The van der Waals surface area contributed by atoms with Gasteiger partial charge in [0.25, 0.3) is 0 Å². The molecule has 3 heterocycles. The molecule has 0 saturated heterocycles. The maximum absolute atomic E-state index is 15.4. The van der Waals surface area contributed by atoms with Gasteiger partial charge in [-0.05, 0) is 64.1 Å². The SMILES string of the molecule is CCc1cc(OCc2ccccc2)c(F)cc1-c1ccc2c(-c3nc4c(n3Cc3ccccc3)C[C@@H](C(=O)OCc3ccccc3)NC4)n[nH]c2c1. The highest BCUT2D eigenvalue weighted by Crippen LogP contribution is 2.36. The fraction of sp³-hybridized carbons (Fsp3) is 0.186. The van der Waals surface area contributed by atoms with Gasteiger partial charge in [0, 0.05) is 30.6 Å². The van der Waals surface area contributed by atoms with Crippen molar-refractivity contribution in [1.82, 2.24) is 25.1 Å². The second kappa shape index (κ2) is 14.7. The van der Waals surface area contributed by atoms with Gasteiger partial charge in [-0.15, -0.1) is 0 Å². The van der Waals surface area contributed by atoms with Gasteiger partial charge in [0.2, 0.25) is 0 Å². The number of esters is 1. The van der Waals surface area contributed by atoms with Crippen LogP contribution in [0, 0.1) is 5.82 Å². The van der Waals surface area contributed by atoms with E-state index in [9.17, 15) is 4.79 Å². The van der Waals surface area contributed by atoms with E-state index in [2.05, 4.69) is 34.0 Å². The second-order valence-electron chi connectivity index (χ2n) is 13.0. The number of halogens is 1. The number of ether oxygens (including phenoxy) is 2. The van der Waals surface area contributed by atoms with Crippen molar-refractivity contribution >= 4 is 16.9 Å². The third-order valence-electron chi connectivity index (χ3n) is 9.62. The van der Waals surface area contributed by atoms with Crippen molar-refractivity contribution in [3.05, 3.63) is 161 Å². The normalized spacial score (nSPS) is 13.9. The van der Waals surface area contributed by atoms with Crippen LogP contribution in [0.3, 0.4) is 0 Å². The Bertz CT molecular complexity index is 2340. The van der Waals surface area contributed by atoms with E-state index in [1.807, 2.05) is 97.1 Å². The van der Waals surface area contributed by atoms with Crippen LogP contribution in [0.2, 0.25) is 0 Å². The molecule has 8 nitrogen and oxygen atoms in total. The first-order chi connectivity index (χ1) is 25.5. The van der Waals surface area contributed by atoms with Gasteiger partial charge in [0.1, 0.15) is 24.9 Å². The molecule has 0 radical (unpaired) electrons. The largest absolute Gasteiger partial charge is 0.486 e. The molecule has 0 bridgehead atoms. The molecule has 2 aromatic heterocycles. The number of fused-ring (bicyclic) bond motifs is 2. The lowest BCUT2D eigenvalue weighted by Crippen LogP contribution is -2.43. The van der Waals surface area contributed by atoms with Crippen LogP contribution in [-0.2, 0) is 48.7 Å². The smallest absolute Gasteiger partial charge is 0.323 e. The number of nitrogens with zero attached hydrogens (tertiary/aromatic N) is 3. The number of hydrogen-bond acceptors (Lipinski definition) is 6. The van der Waals surface area contributed by atoms with Gasteiger partial charge in [-0.2, -0.15) is 5.10 Å². The fourth-order valence-corrected chi connectivity index (χ4v) is 6.86. The van der Waals surface area contributed by atoms with E-state index < -0.39 is 11.9 Å². The van der Waals surface area contributed by atoms with E-state index in [4.69, 9.17) is 19.6 Å². The van der Waals surface area contributed by atoms with Crippen LogP contribution in [-0.4, -0.2) is 31.8 Å². The van der Waals surface area contributed by atoms with Gasteiger partial charge in [-0.1, -0.05) is 104 Å². The summed E-state index contributed by atoms with van der Waals surface area (Å²) in [5.74, 6) is 0.260. The summed E-state index contributed by atoms with van der Waals surface area (Å²) in [5.41, 5.74) is 9.08. The summed E-state index contributed by atoms with van der Waals surface area (Å²) in [4.78, 5) is 18.3. The summed E-state index contributed by atoms with van der Waals surface area (Å²) >= 11 is 0. The molecule has 0 fully saturated rings. The Balaban J connectivity index is 1.09. The molecular formula is C43H38FN5O3. The monoisotopic (exact) mass is 691 g/mol. The van der Waals surface area contributed by atoms with E-state index in [1.54, 1.807) is 12.1 Å². The molecule has 52 heavy (non-hydrogen) atoms. The summed E-state index contributed by atoms with van der Waals surface area (Å²) in [6, 6.07) is 38.5. The fourth-order valence-electron chi connectivity index (χ4n) is 6.86. The van der Waals surface area contributed by atoms with Crippen molar-refractivity contribution in [2.24, 2.45) is 0 Å². The third kappa shape index (κ3) is 6.83. The highest BCUT2D eigenvalue weighted by Gasteiger charge is 2.31. The molecule has 0 spiro atoms. The van der Waals surface area contributed by atoms with Crippen LogP contribution in [0.5, 0.6) is 5.75 Å². The van der Waals surface area contributed by atoms with E-state index in [-0.39, 0.29) is 18.3 Å². The van der Waals surface area contributed by atoms with Crippen molar-refractivity contribution in [1.29, 1.82) is 0 Å². The predicted molar refractivity (Wildman–Crippen MR) is 199 cm³/mol. The Hall–Kier alpha value is -6.06. The van der Waals surface area contributed by atoms with Crippen molar-refractivity contribution in [3.8, 4) is 28.4 Å².